The van der Waals surface area contributed by atoms with E-state index in [0.29, 0.717) is 23.5 Å². The van der Waals surface area contributed by atoms with Crippen molar-refractivity contribution in [2.45, 2.75) is 25.8 Å². The molecule has 1 aromatic rings. The van der Waals surface area contributed by atoms with E-state index < -0.39 is 9.84 Å². The molecule has 3 nitrogen and oxygen atoms in total. The molecule has 1 fully saturated rings. The zero-order chi connectivity index (χ0) is 12.3. The zero-order valence-corrected chi connectivity index (χ0v) is 11.7. The second-order valence-electron chi connectivity index (χ2n) is 4.67. The molecule has 1 aromatic heterocycles. The van der Waals surface area contributed by atoms with Gasteiger partial charge in [0, 0.05) is 6.04 Å². The standard InChI is InChI=1S/C12H19NO2S2/c1-2-13-12(11-3-5-16-8-11)7-10-4-6-17(14,15)9-10/h3,5,8,10,12-13H,2,4,6-7,9H2,1H3. The van der Waals surface area contributed by atoms with Gasteiger partial charge in [0.1, 0.15) is 0 Å². The maximum atomic E-state index is 11.4. The highest BCUT2D eigenvalue weighted by Crippen LogP contribution is 2.29. The van der Waals surface area contributed by atoms with Gasteiger partial charge in [-0.3, -0.25) is 0 Å². The fourth-order valence-electron chi connectivity index (χ4n) is 2.45. The predicted molar refractivity (Wildman–Crippen MR) is 72.1 cm³/mol. The van der Waals surface area contributed by atoms with E-state index in [2.05, 4.69) is 29.1 Å². The molecule has 0 amide bonds. The van der Waals surface area contributed by atoms with E-state index in [4.69, 9.17) is 0 Å². The van der Waals surface area contributed by atoms with Crippen LogP contribution in [-0.4, -0.2) is 26.5 Å². The third kappa shape index (κ3) is 3.53. The van der Waals surface area contributed by atoms with Crippen molar-refractivity contribution >= 4 is 21.2 Å². The van der Waals surface area contributed by atoms with Crippen molar-refractivity contribution in [3.63, 3.8) is 0 Å². The Labute approximate surface area is 107 Å². The van der Waals surface area contributed by atoms with Gasteiger partial charge in [0.05, 0.1) is 11.5 Å². The van der Waals surface area contributed by atoms with Crippen LogP contribution in [0.4, 0.5) is 0 Å². The minimum absolute atomic E-state index is 0.310. The van der Waals surface area contributed by atoms with Gasteiger partial charge in [-0.2, -0.15) is 11.3 Å². The van der Waals surface area contributed by atoms with Crippen LogP contribution in [0.5, 0.6) is 0 Å². The van der Waals surface area contributed by atoms with E-state index in [9.17, 15) is 8.42 Å². The van der Waals surface area contributed by atoms with E-state index in [1.165, 1.54) is 5.56 Å². The highest BCUT2D eigenvalue weighted by atomic mass is 32.2. The van der Waals surface area contributed by atoms with Gasteiger partial charge in [-0.25, -0.2) is 8.42 Å². The summed E-state index contributed by atoms with van der Waals surface area (Å²) in [6.45, 7) is 3.00. The maximum Gasteiger partial charge on any atom is 0.150 e. The molecule has 0 saturated carbocycles. The van der Waals surface area contributed by atoms with Crippen LogP contribution in [0.1, 0.15) is 31.4 Å². The van der Waals surface area contributed by atoms with Gasteiger partial charge in [-0.05, 0) is 47.7 Å². The predicted octanol–water partition coefficient (Wildman–Crippen LogP) is 2.22. The van der Waals surface area contributed by atoms with Gasteiger partial charge >= 0.3 is 0 Å². The molecule has 0 aliphatic carbocycles. The van der Waals surface area contributed by atoms with Crippen LogP contribution in [0.25, 0.3) is 0 Å². The number of hydrogen-bond donors (Lipinski definition) is 1. The molecule has 1 aliphatic rings. The third-order valence-corrected chi connectivity index (χ3v) is 5.83. The Bertz CT molecular complexity index is 439. The van der Waals surface area contributed by atoms with Gasteiger partial charge in [0.25, 0.3) is 0 Å². The Hall–Kier alpha value is -0.390. The first-order valence-electron chi connectivity index (χ1n) is 6.06. The van der Waals surface area contributed by atoms with E-state index in [0.717, 1.165) is 19.4 Å². The largest absolute Gasteiger partial charge is 0.310 e. The summed E-state index contributed by atoms with van der Waals surface area (Å²) in [6, 6.07) is 2.44. The first-order valence-corrected chi connectivity index (χ1v) is 8.83. The number of nitrogens with one attached hydrogen (secondary N) is 1. The Kier molecular flexibility index (Phi) is 4.22. The summed E-state index contributed by atoms with van der Waals surface area (Å²) in [5.74, 6) is 1.07. The van der Waals surface area contributed by atoms with E-state index in [-0.39, 0.29) is 0 Å². The SMILES string of the molecule is CCNC(CC1CCS(=O)(=O)C1)c1ccsc1. The second-order valence-corrected chi connectivity index (χ2v) is 7.68. The fraction of sp³-hybridized carbons (Fsp3) is 0.667. The number of sulfone groups is 1. The van der Waals surface area contributed by atoms with Crippen molar-refractivity contribution in [2.75, 3.05) is 18.1 Å². The van der Waals surface area contributed by atoms with Gasteiger partial charge < -0.3 is 5.32 Å². The van der Waals surface area contributed by atoms with Crippen LogP contribution in [0.15, 0.2) is 16.8 Å². The van der Waals surface area contributed by atoms with Gasteiger partial charge in [0.15, 0.2) is 9.84 Å². The molecule has 17 heavy (non-hydrogen) atoms. The van der Waals surface area contributed by atoms with Crippen molar-refractivity contribution in [3.8, 4) is 0 Å². The van der Waals surface area contributed by atoms with Gasteiger partial charge in [-0.15, -0.1) is 0 Å². The van der Waals surface area contributed by atoms with E-state index in [1.54, 1.807) is 11.3 Å². The average Bonchev–Trinajstić information content (AvgIpc) is 2.87. The Morgan fingerprint density at radius 2 is 2.41 bits per heavy atom. The molecule has 96 valence electrons. The average molecular weight is 273 g/mol. The summed E-state index contributed by atoms with van der Waals surface area (Å²) in [7, 11) is -2.75. The molecule has 0 aromatic carbocycles. The first kappa shape index (κ1) is 13.1. The summed E-state index contributed by atoms with van der Waals surface area (Å²) in [5.41, 5.74) is 1.29. The topological polar surface area (TPSA) is 46.2 Å². The first-order chi connectivity index (χ1) is 8.11. The maximum absolute atomic E-state index is 11.4. The molecule has 0 radical (unpaired) electrons. The molecule has 2 unspecified atom stereocenters. The highest BCUT2D eigenvalue weighted by molar-refractivity contribution is 7.91. The van der Waals surface area contributed by atoms with Crippen molar-refractivity contribution in [1.29, 1.82) is 0 Å². The molecular weight excluding hydrogens is 254 g/mol. The van der Waals surface area contributed by atoms with E-state index in [1.807, 2.05) is 0 Å². The van der Waals surface area contributed by atoms with Gasteiger partial charge in [-0.1, -0.05) is 6.92 Å². The highest BCUT2D eigenvalue weighted by Gasteiger charge is 2.30. The lowest BCUT2D eigenvalue weighted by Crippen LogP contribution is -2.23. The van der Waals surface area contributed by atoms with Crippen LogP contribution in [0, 0.1) is 5.92 Å². The molecule has 1 saturated heterocycles. The van der Waals surface area contributed by atoms with E-state index >= 15 is 0 Å². The minimum atomic E-state index is -2.75. The lowest BCUT2D eigenvalue weighted by Gasteiger charge is -2.20. The molecule has 2 rings (SSSR count). The second kappa shape index (κ2) is 5.50. The smallest absolute Gasteiger partial charge is 0.150 e. The third-order valence-electron chi connectivity index (χ3n) is 3.29. The number of hydrogen-bond acceptors (Lipinski definition) is 4. The molecule has 2 heterocycles. The van der Waals surface area contributed by atoms with Crippen molar-refractivity contribution < 1.29 is 8.42 Å². The summed E-state index contributed by atoms with van der Waals surface area (Å²) >= 11 is 1.69. The molecule has 1 aliphatic heterocycles. The normalized spacial score (nSPS) is 24.9. The fourth-order valence-corrected chi connectivity index (χ4v) is 5.04. The van der Waals surface area contributed by atoms with Crippen molar-refractivity contribution in [3.05, 3.63) is 22.4 Å². The van der Waals surface area contributed by atoms with Crippen LogP contribution in [-0.2, 0) is 9.84 Å². The quantitative estimate of drug-likeness (QED) is 0.895. The Morgan fingerprint density at radius 3 is 2.94 bits per heavy atom. The van der Waals surface area contributed by atoms with Crippen molar-refractivity contribution in [2.24, 2.45) is 5.92 Å². The summed E-state index contributed by atoms with van der Waals surface area (Å²) in [4.78, 5) is 0. The Balaban J connectivity index is 1.99. The summed E-state index contributed by atoms with van der Waals surface area (Å²) in [5, 5.41) is 7.68. The number of rotatable bonds is 5. The molecule has 5 heteroatoms. The minimum Gasteiger partial charge on any atom is -0.310 e. The van der Waals surface area contributed by atoms with Crippen LogP contribution < -0.4 is 5.32 Å². The van der Waals surface area contributed by atoms with Crippen LogP contribution >= 0.6 is 11.3 Å². The summed E-state index contributed by atoms with van der Waals surface area (Å²) in [6.07, 6.45) is 1.76. The Morgan fingerprint density at radius 1 is 1.59 bits per heavy atom. The van der Waals surface area contributed by atoms with Crippen LogP contribution in [0.3, 0.4) is 0 Å². The molecule has 0 spiro atoms. The van der Waals surface area contributed by atoms with Crippen LogP contribution in [0.2, 0.25) is 0 Å². The molecule has 2 atom stereocenters. The number of thiophene rings is 1. The summed E-state index contributed by atoms with van der Waals surface area (Å²) < 4.78 is 22.9. The monoisotopic (exact) mass is 273 g/mol. The van der Waals surface area contributed by atoms with Gasteiger partial charge in [0.2, 0.25) is 0 Å². The van der Waals surface area contributed by atoms with Crippen molar-refractivity contribution in [1.82, 2.24) is 5.32 Å². The molecular formula is C12H19NO2S2. The lowest BCUT2D eigenvalue weighted by atomic mass is 9.96. The molecule has 0 bridgehead atoms. The molecule has 1 N–H and O–H groups in total. The lowest BCUT2D eigenvalue weighted by molar-refractivity contribution is 0.422. The zero-order valence-electron chi connectivity index (χ0n) is 10.1.